The molecule has 4 heterocycles. The number of fused-ring (bicyclic) bond motifs is 2. The number of para-hydroxylation sites is 1. The number of benzene rings is 2. The summed E-state index contributed by atoms with van der Waals surface area (Å²) in [6.07, 6.45) is 5.12. The molecule has 1 amide bonds. The topological polar surface area (TPSA) is 101 Å². The zero-order chi connectivity index (χ0) is 29.4. The van der Waals surface area contributed by atoms with Crippen LogP contribution in [0.4, 0.5) is 15.3 Å². The van der Waals surface area contributed by atoms with E-state index in [1.807, 2.05) is 12.1 Å². The minimum atomic E-state index is -0.571. The van der Waals surface area contributed by atoms with E-state index in [4.69, 9.17) is 27.1 Å². The van der Waals surface area contributed by atoms with Crippen LogP contribution in [-0.4, -0.2) is 83.1 Å². The highest BCUT2D eigenvalue weighted by Gasteiger charge is 2.27. The summed E-state index contributed by atoms with van der Waals surface area (Å²) in [5.74, 6) is -0.144. The second-order valence-electron chi connectivity index (χ2n) is 10.8. The Bertz CT molecular complexity index is 1660. The fourth-order valence-corrected chi connectivity index (χ4v) is 6.93. The molecule has 0 spiro atoms. The van der Waals surface area contributed by atoms with Crippen LogP contribution in [0, 0.1) is 5.82 Å². The zero-order valence-electron chi connectivity index (χ0n) is 23.5. The number of halogens is 2. The molecule has 2 aliphatic heterocycles. The van der Waals surface area contributed by atoms with Gasteiger partial charge in [0, 0.05) is 48.7 Å². The van der Waals surface area contributed by atoms with Crippen LogP contribution in [0.3, 0.4) is 0 Å². The molecule has 0 saturated carbocycles. The van der Waals surface area contributed by atoms with E-state index in [1.54, 1.807) is 17.0 Å². The maximum atomic E-state index is 16.7. The molecule has 2 saturated heterocycles. The molecule has 1 atom stereocenters. The summed E-state index contributed by atoms with van der Waals surface area (Å²) in [5.41, 5.74) is 7.45. The van der Waals surface area contributed by atoms with E-state index in [2.05, 4.69) is 33.4 Å². The number of nitrogens with zero attached hydrogens (tertiary/aromatic N) is 6. The highest BCUT2D eigenvalue weighted by Crippen LogP contribution is 2.42. The largest absolute Gasteiger partial charge is 0.462 e. The lowest BCUT2D eigenvalue weighted by atomic mass is 10.0. The molecule has 2 N–H and O–H groups in total. The van der Waals surface area contributed by atoms with Crippen molar-refractivity contribution in [2.45, 2.75) is 31.7 Å². The number of hydrogen-bond acceptors (Lipinski definition) is 9. The average molecular weight is 610 g/mol. The summed E-state index contributed by atoms with van der Waals surface area (Å²) in [6, 6.07) is 7.60. The van der Waals surface area contributed by atoms with Gasteiger partial charge in [-0.3, -0.25) is 4.79 Å². The summed E-state index contributed by atoms with van der Waals surface area (Å²) < 4.78 is 23.6. The van der Waals surface area contributed by atoms with Crippen LogP contribution < -0.4 is 15.4 Å². The number of amides is 1. The van der Waals surface area contributed by atoms with Crippen molar-refractivity contribution in [3.63, 3.8) is 0 Å². The quantitative estimate of drug-likeness (QED) is 0.291. The van der Waals surface area contributed by atoms with E-state index in [-0.39, 0.29) is 34.1 Å². The van der Waals surface area contributed by atoms with Gasteiger partial charge in [-0.15, -0.1) is 0 Å². The number of ether oxygens (including phenoxy) is 1. The van der Waals surface area contributed by atoms with Crippen molar-refractivity contribution in [1.82, 2.24) is 24.8 Å². The summed E-state index contributed by atoms with van der Waals surface area (Å²) in [6.45, 7) is 7.40. The molecular weight excluding hydrogens is 577 g/mol. The van der Waals surface area contributed by atoms with Crippen LogP contribution in [0.1, 0.15) is 25.7 Å². The van der Waals surface area contributed by atoms with Crippen molar-refractivity contribution in [1.29, 1.82) is 0 Å². The number of rotatable bonds is 6. The van der Waals surface area contributed by atoms with Crippen LogP contribution in [-0.2, 0) is 4.79 Å². The Morgan fingerprint density at radius 1 is 1.17 bits per heavy atom. The van der Waals surface area contributed by atoms with Gasteiger partial charge in [0.15, 0.2) is 10.9 Å². The van der Waals surface area contributed by atoms with Crippen LogP contribution in [0.5, 0.6) is 6.01 Å². The Kier molecular flexibility index (Phi) is 8.15. The lowest BCUT2D eigenvalue weighted by Crippen LogP contribution is -2.41. The van der Waals surface area contributed by atoms with Crippen molar-refractivity contribution >= 4 is 60.9 Å². The second-order valence-corrected chi connectivity index (χ2v) is 12.3. The fraction of sp³-hybridized carbons (Fsp3) is 0.400. The lowest BCUT2D eigenvalue weighted by molar-refractivity contribution is -0.126. The van der Waals surface area contributed by atoms with Gasteiger partial charge in [-0.2, -0.15) is 9.97 Å². The van der Waals surface area contributed by atoms with Gasteiger partial charge in [0.25, 0.3) is 0 Å². The summed E-state index contributed by atoms with van der Waals surface area (Å²) in [7, 11) is 2.07. The highest BCUT2D eigenvalue weighted by molar-refractivity contribution is 7.22. The Hall–Kier alpha value is -3.54. The molecule has 0 unspecified atom stereocenters. The minimum absolute atomic E-state index is 0.107. The number of aromatic nitrogens is 3. The average Bonchev–Trinajstić information content (AvgIpc) is 3.56. The molecule has 0 bridgehead atoms. The zero-order valence-corrected chi connectivity index (χ0v) is 25.1. The monoisotopic (exact) mass is 609 g/mol. The van der Waals surface area contributed by atoms with E-state index in [0.717, 1.165) is 36.9 Å². The third kappa shape index (κ3) is 5.48. The van der Waals surface area contributed by atoms with Gasteiger partial charge in [0.05, 0.1) is 15.2 Å². The first kappa shape index (κ1) is 28.6. The van der Waals surface area contributed by atoms with Crippen molar-refractivity contribution in [3.05, 3.63) is 47.8 Å². The van der Waals surface area contributed by atoms with Crippen molar-refractivity contribution in [3.8, 4) is 17.1 Å². The first-order valence-electron chi connectivity index (χ1n) is 14.2. The highest BCUT2D eigenvalue weighted by atomic mass is 35.5. The standard InChI is InChI=1S/C30H33ClFN7O2S/c1-3-23(40)38-12-4-5-13-39(15-14-38)28-20-16-21(31)24(19-9-6-10-22-26(19)34-29(33)42-22)25(32)27(20)35-30(36-28)41-17-18-8-7-11-37(18)2/h3,6,9-10,16,18H,1,4-5,7-8,11-15,17H2,2H3,(H2,33,34)/t18-/m0/s1. The maximum absolute atomic E-state index is 16.7. The number of carbonyl (C=O) groups is 1. The third-order valence-corrected chi connectivity index (χ3v) is 9.30. The molecule has 220 valence electrons. The molecular formula is C30H33ClFN7O2S. The number of nitrogen functional groups attached to an aromatic ring is 1. The summed E-state index contributed by atoms with van der Waals surface area (Å²) >= 11 is 8.17. The SMILES string of the molecule is C=CC(=O)N1CCCCN(c2nc(OC[C@@H]3CCCN3C)nc3c(F)c(-c4cccc5sc(N)nc45)c(Cl)cc23)CC1. The third-order valence-electron chi connectivity index (χ3n) is 8.16. The van der Waals surface area contributed by atoms with Crippen molar-refractivity contribution < 1.29 is 13.9 Å². The molecule has 9 nitrogen and oxygen atoms in total. The molecule has 0 aliphatic carbocycles. The van der Waals surface area contributed by atoms with Gasteiger partial charge < -0.3 is 25.2 Å². The molecule has 4 aromatic rings. The smallest absolute Gasteiger partial charge is 0.319 e. The van der Waals surface area contributed by atoms with Gasteiger partial charge in [-0.1, -0.05) is 41.6 Å². The number of thiazole rings is 1. The normalized spacial score (nSPS) is 18.4. The van der Waals surface area contributed by atoms with Gasteiger partial charge in [0.1, 0.15) is 17.9 Å². The number of nitrogens with two attached hydrogens (primary N) is 1. The summed E-state index contributed by atoms with van der Waals surface area (Å²) in [5, 5.41) is 1.10. The maximum Gasteiger partial charge on any atom is 0.319 e. The van der Waals surface area contributed by atoms with Crippen molar-refractivity contribution in [2.24, 2.45) is 0 Å². The molecule has 12 heteroatoms. The first-order valence-corrected chi connectivity index (χ1v) is 15.4. The number of likely N-dealkylation sites (N-methyl/N-ethyl adjacent to an activating group) is 1. The number of likely N-dealkylation sites (tertiary alicyclic amines) is 1. The molecule has 2 aliphatic rings. The molecule has 2 aromatic heterocycles. The second kappa shape index (κ2) is 12.0. The van der Waals surface area contributed by atoms with Crippen LogP contribution in [0.15, 0.2) is 36.9 Å². The van der Waals surface area contributed by atoms with Crippen LogP contribution >= 0.6 is 22.9 Å². The van der Waals surface area contributed by atoms with E-state index < -0.39 is 5.82 Å². The molecule has 0 radical (unpaired) electrons. The van der Waals surface area contributed by atoms with E-state index in [0.29, 0.717) is 60.2 Å². The lowest BCUT2D eigenvalue weighted by Gasteiger charge is -2.32. The van der Waals surface area contributed by atoms with E-state index in [1.165, 1.54) is 17.4 Å². The van der Waals surface area contributed by atoms with E-state index in [9.17, 15) is 4.79 Å². The minimum Gasteiger partial charge on any atom is -0.462 e. The van der Waals surface area contributed by atoms with Gasteiger partial charge in [-0.25, -0.2) is 9.37 Å². The Balaban J connectivity index is 1.47. The summed E-state index contributed by atoms with van der Waals surface area (Å²) in [4.78, 5) is 32.4. The number of carbonyl (C=O) groups excluding carboxylic acids is 1. The van der Waals surface area contributed by atoms with Crippen LogP contribution in [0.25, 0.3) is 32.2 Å². The number of hydrogen-bond donors (Lipinski definition) is 1. The molecule has 2 fully saturated rings. The molecule has 6 rings (SSSR count). The molecule has 2 aromatic carbocycles. The van der Waals surface area contributed by atoms with E-state index >= 15 is 4.39 Å². The van der Waals surface area contributed by atoms with Gasteiger partial charge >= 0.3 is 6.01 Å². The van der Waals surface area contributed by atoms with Crippen LogP contribution in [0.2, 0.25) is 5.02 Å². The number of anilines is 2. The first-order chi connectivity index (χ1) is 20.3. The molecule has 42 heavy (non-hydrogen) atoms. The Labute approximate surface area is 252 Å². The van der Waals surface area contributed by atoms with Gasteiger partial charge in [0.2, 0.25) is 5.91 Å². The predicted octanol–water partition coefficient (Wildman–Crippen LogP) is 5.37. The van der Waals surface area contributed by atoms with Gasteiger partial charge in [-0.05, 0) is 57.5 Å². The fourth-order valence-electron chi connectivity index (χ4n) is 5.87. The Morgan fingerprint density at radius 3 is 2.79 bits per heavy atom. The predicted molar refractivity (Wildman–Crippen MR) is 167 cm³/mol. The van der Waals surface area contributed by atoms with Crippen molar-refractivity contribution in [2.75, 3.05) is 57.0 Å². The Morgan fingerprint density at radius 2 is 2.00 bits per heavy atom.